The highest BCUT2D eigenvalue weighted by molar-refractivity contribution is 7.89. The molecule has 9 heteroatoms. The van der Waals surface area contributed by atoms with Crippen molar-refractivity contribution in [2.75, 3.05) is 6.54 Å². The molecule has 8 nitrogen and oxygen atoms in total. The SMILES string of the molecule is CCCn1nnc2cc(S(=O)(=O)N3CCCC[C@@H]3C(=O)NCc3ccc(CC)cc3)ccc21. The third-order valence-electron chi connectivity index (χ3n) is 6.18. The van der Waals surface area contributed by atoms with E-state index in [4.69, 9.17) is 0 Å². The lowest BCUT2D eigenvalue weighted by Gasteiger charge is -2.33. The van der Waals surface area contributed by atoms with Crippen molar-refractivity contribution >= 4 is 27.0 Å². The van der Waals surface area contributed by atoms with Crippen molar-refractivity contribution in [2.45, 2.75) is 70.0 Å². The van der Waals surface area contributed by atoms with Gasteiger partial charge in [0, 0.05) is 19.6 Å². The molecule has 3 aromatic rings. The maximum atomic E-state index is 13.5. The van der Waals surface area contributed by atoms with Gasteiger partial charge in [-0.25, -0.2) is 13.1 Å². The van der Waals surface area contributed by atoms with E-state index in [1.807, 2.05) is 31.2 Å². The Hall–Kier alpha value is -2.78. The number of nitrogens with one attached hydrogen (secondary N) is 1. The molecule has 2 heterocycles. The van der Waals surface area contributed by atoms with Crippen molar-refractivity contribution in [2.24, 2.45) is 0 Å². The van der Waals surface area contributed by atoms with Gasteiger partial charge in [0.15, 0.2) is 0 Å². The van der Waals surface area contributed by atoms with Crippen molar-refractivity contribution in [3.63, 3.8) is 0 Å². The van der Waals surface area contributed by atoms with E-state index in [2.05, 4.69) is 22.6 Å². The molecule has 1 aliphatic rings. The highest BCUT2D eigenvalue weighted by Crippen LogP contribution is 2.27. The van der Waals surface area contributed by atoms with Crippen LogP contribution in [0.2, 0.25) is 0 Å². The molecular weight excluding hydrogens is 438 g/mol. The fourth-order valence-electron chi connectivity index (χ4n) is 4.28. The molecule has 2 aromatic carbocycles. The molecule has 0 radical (unpaired) electrons. The molecule has 0 unspecified atom stereocenters. The molecule has 1 aliphatic heterocycles. The summed E-state index contributed by atoms with van der Waals surface area (Å²) in [4.78, 5) is 13.2. The zero-order valence-corrected chi connectivity index (χ0v) is 20.0. The number of carbonyl (C=O) groups excluding carboxylic acids is 1. The number of piperidine rings is 1. The molecule has 4 rings (SSSR count). The Morgan fingerprint density at radius 3 is 2.58 bits per heavy atom. The maximum absolute atomic E-state index is 13.5. The predicted molar refractivity (Wildman–Crippen MR) is 127 cm³/mol. The van der Waals surface area contributed by atoms with Gasteiger partial charge in [-0.1, -0.05) is 49.7 Å². The Labute approximate surface area is 195 Å². The van der Waals surface area contributed by atoms with Crippen molar-refractivity contribution in [3.8, 4) is 0 Å². The number of amides is 1. The largest absolute Gasteiger partial charge is 0.351 e. The minimum atomic E-state index is -3.85. The molecule has 1 aromatic heterocycles. The van der Waals surface area contributed by atoms with E-state index in [1.165, 1.54) is 9.87 Å². The summed E-state index contributed by atoms with van der Waals surface area (Å²) >= 11 is 0. The number of benzene rings is 2. The monoisotopic (exact) mass is 469 g/mol. The second kappa shape index (κ2) is 10.0. The van der Waals surface area contributed by atoms with Crippen LogP contribution in [0, 0.1) is 0 Å². The molecular formula is C24H31N5O3S. The molecule has 0 bridgehead atoms. The number of hydrogen-bond donors (Lipinski definition) is 1. The predicted octanol–water partition coefficient (Wildman–Crippen LogP) is 3.26. The standard InChI is InChI=1S/C24H31N5O3S/c1-3-14-28-22-13-12-20(16-21(22)26-27-28)33(31,32)29-15-6-5-7-23(29)24(30)25-17-19-10-8-18(4-2)9-11-19/h8-13,16,23H,3-7,14-15,17H2,1-2H3,(H,25,30)/t23-/m1/s1. The first-order valence-corrected chi connectivity index (χ1v) is 13.1. The first-order valence-electron chi connectivity index (χ1n) is 11.6. The Morgan fingerprint density at radius 2 is 1.85 bits per heavy atom. The number of nitrogens with zero attached hydrogens (tertiary/aromatic N) is 4. The van der Waals surface area contributed by atoms with E-state index in [0.29, 0.717) is 25.0 Å². The quantitative estimate of drug-likeness (QED) is 0.546. The van der Waals surface area contributed by atoms with Gasteiger partial charge in [-0.05, 0) is 55.0 Å². The van der Waals surface area contributed by atoms with Crippen LogP contribution in [-0.4, -0.2) is 46.2 Å². The van der Waals surface area contributed by atoms with Gasteiger partial charge in [0.25, 0.3) is 0 Å². The summed E-state index contributed by atoms with van der Waals surface area (Å²) < 4.78 is 30.2. The van der Waals surface area contributed by atoms with Crippen LogP contribution in [0.5, 0.6) is 0 Å². The highest BCUT2D eigenvalue weighted by Gasteiger charge is 2.37. The molecule has 1 N–H and O–H groups in total. The van der Waals surface area contributed by atoms with E-state index >= 15 is 0 Å². The van der Waals surface area contributed by atoms with E-state index in [9.17, 15) is 13.2 Å². The summed E-state index contributed by atoms with van der Waals surface area (Å²) in [5, 5.41) is 11.2. The molecule has 1 amide bonds. The third-order valence-corrected chi connectivity index (χ3v) is 8.09. The van der Waals surface area contributed by atoms with Crippen molar-refractivity contribution in [1.82, 2.24) is 24.6 Å². The molecule has 0 spiro atoms. The van der Waals surface area contributed by atoms with Crippen LogP contribution in [0.25, 0.3) is 11.0 Å². The van der Waals surface area contributed by atoms with Crippen LogP contribution in [-0.2, 0) is 34.3 Å². The summed E-state index contributed by atoms with van der Waals surface area (Å²) in [6, 6.07) is 12.3. The molecule has 1 atom stereocenters. The van der Waals surface area contributed by atoms with Crippen LogP contribution < -0.4 is 5.32 Å². The first-order chi connectivity index (χ1) is 15.9. The van der Waals surface area contributed by atoms with E-state index < -0.39 is 16.1 Å². The van der Waals surface area contributed by atoms with Gasteiger partial charge in [0.1, 0.15) is 11.6 Å². The van der Waals surface area contributed by atoms with Crippen molar-refractivity contribution in [3.05, 3.63) is 53.6 Å². The summed E-state index contributed by atoms with van der Waals surface area (Å²) in [6.07, 6.45) is 3.93. The van der Waals surface area contributed by atoms with Gasteiger partial charge in [-0.15, -0.1) is 5.10 Å². The second-order valence-corrected chi connectivity index (χ2v) is 10.4. The van der Waals surface area contributed by atoms with Gasteiger partial charge < -0.3 is 5.32 Å². The molecule has 33 heavy (non-hydrogen) atoms. The average molecular weight is 470 g/mol. The highest BCUT2D eigenvalue weighted by atomic mass is 32.2. The number of carbonyl (C=O) groups is 1. The van der Waals surface area contributed by atoms with Crippen LogP contribution in [0.4, 0.5) is 0 Å². The molecule has 1 saturated heterocycles. The fraction of sp³-hybridized carbons (Fsp3) is 0.458. The van der Waals surface area contributed by atoms with Crippen LogP contribution >= 0.6 is 0 Å². The van der Waals surface area contributed by atoms with E-state index in [1.54, 1.807) is 22.9 Å². The number of hydrogen-bond acceptors (Lipinski definition) is 5. The molecule has 0 saturated carbocycles. The normalized spacial score (nSPS) is 17.3. The Kier molecular flexibility index (Phi) is 7.09. The topological polar surface area (TPSA) is 97.2 Å². The summed E-state index contributed by atoms with van der Waals surface area (Å²) in [5.74, 6) is -0.257. The minimum Gasteiger partial charge on any atom is -0.351 e. The lowest BCUT2D eigenvalue weighted by atomic mass is 10.0. The average Bonchev–Trinajstić information content (AvgIpc) is 3.25. The summed E-state index contributed by atoms with van der Waals surface area (Å²) in [5.41, 5.74) is 3.57. The third kappa shape index (κ3) is 4.94. The zero-order chi connectivity index (χ0) is 23.4. The lowest BCUT2D eigenvalue weighted by molar-refractivity contribution is -0.125. The zero-order valence-electron chi connectivity index (χ0n) is 19.2. The number of aryl methyl sites for hydroxylation is 2. The van der Waals surface area contributed by atoms with E-state index in [0.717, 1.165) is 43.3 Å². The van der Waals surface area contributed by atoms with Gasteiger partial charge in [0.2, 0.25) is 15.9 Å². The van der Waals surface area contributed by atoms with Crippen LogP contribution in [0.1, 0.15) is 50.7 Å². The maximum Gasteiger partial charge on any atom is 0.243 e. The van der Waals surface area contributed by atoms with Gasteiger partial charge >= 0.3 is 0 Å². The van der Waals surface area contributed by atoms with Crippen LogP contribution in [0.15, 0.2) is 47.4 Å². The van der Waals surface area contributed by atoms with Crippen LogP contribution in [0.3, 0.4) is 0 Å². The number of aromatic nitrogens is 3. The summed E-state index contributed by atoms with van der Waals surface area (Å²) in [7, 11) is -3.85. The summed E-state index contributed by atoms with van der Waals surface area (Å²) in [6.45, 7) is 5.57. The van der Waals surface area contributed by atoms with Crippen molar-refractivity contribution < 1.29 is 13.2 Å². The molecule has 176 valence electrons. The fourth-order valence-corrected chi connectivity index (χ4v) is 5.96. The first kappa shape index (κ1) is 23.4. The Morgan fingerprint density at radius 1 is 1.09 bits per heavy atom. The minimum absolute atomic E-state index is 0.147. The van der Waals surface area contributed by atoms with Gasteiger partial charge in [-0.3, -0.25) is 4.79 Å². The molecule has 1 fully saturated rings. The number of sulfonamides is 1. The molecule has 0 aliphatic carbocycles. The van der Waals surface area contributed by atoms with Gasteiger partial charge in [0.05, 0.1) is 10.4 Å². The van der Waals surface area contributed by atoms with Crippen molar-refractivity contribution in [1.29, 1.82) is 0 Å². The Balaban J connectivity index is 1.52. The van der Waals surface area contributed by atoms with E-state index in [-0.39, 0.29) is 10.8 Å². The second-order valence-electron chi connectivity index (χ2n) is 8.48. The smallest absolute Gasteiger partial charge is 0.243 e. The number of rotatable bonds is 8. The lowest BCUT2D eigenvalue weighted by Crippen LogP contribution is -2.51. The number of fused-ring (bicyclic) bond motifs is 1. The Bertz CT molecular complexity index is 1220. The van der Waals surface area contributed by atoms with Gasteiger partial charge in [-0.2, -0.15) is 4.31 Å².